The zero-order valence-corrected chi connectivity index (χ0v) is 28.4. The minimum atomic E-state index is -1.88. The predicted octanol–water partition coefficient (Wildman–Crippen LogP) is 0.842. The quantitative estimate of drug-likeness (QED) is 0.219. The minimum absolute atomic E-state index is 0.168. The number of fused-ring (bicyclic) bond motifs is 2. The van der Waals surface area contributed by atoms with Crippen molar-refractivity contribution in [2.45, 2.75) is 100 Å². The van der Waals surface area contributed by atoms with Gasteiger partial charge in [-0.3, -0.25) is 4.79 Å². The second kappa shape index (κ2) is 14.9. The van der Waals surface area contributed by atoms with Crippen LogP contribution in [0.4, 0.5) is 0 Å². The Morgan fingerprint density at radius 3 is 2.17 bits per heavy atom. The predicted molar refractivity (Wildman–Crippen MR) is 162 cm³/mol. The number of esters is 3. The van der Waals surface area contributed by atoms with Crippen LogP contribution in [0.3, 0.4) is 0 Å². The maximum absolute atomic E-state index is 12.2. The number of hydrogen-bond donors (Lipinski definition) is 1. The molecule has 4 fully saturated rings. The second-order valence-electron chi connectivity index (χ2n) is 11.8. The molecule has 0 aliphatic carbocycles. The Bertz CT molecular complexity index is 1430. The summed E-state index contributed by atoms with van der Waals surface area (Å²) >= 11 is -0.333. The van der Waals surface area contributed by atoms with Crippen molar-refractivity contribution in [2.75, 3.05) is 13.2 Å². The van der Waals surface area contributed by atoms with Crippen LogP contribution in [0, 0.1) is 0 Å². The molecule has 0 unspecified atom stereocenters. The van der Waals surface area contributed by atoms with E-state index in [2.05, 4.69) is 0 Å². The van der Waals surface area contributed by atoms with E-state index >= 15 is 0 Å². The van der Waals surface area contributed by atoms with Gasteiger partial charge in [0.2, 0.25) is 0 Å². The first-order valence-corrected chi connectivity index (χ1v) is 17.4. The third kappa shape index (κ3) is 7.92. The van der Waals surface area contributed by atoms with Gasteiger partial charge in [-0.1, -0.05) is 0 Å². The van der Waals surface area contributed by atoms with Crippen molar-refractivity contribution in [3.63, 3.8) is 0 Å². The van der Waals surface area contributed by atoms with E-state index in [-0.39, 0.29) is 28.2 Å². The Kier molecular flexibility index (Phi) is 10.8. The van der Waals surface area contributed by atoms with E-state index in [0.29, 0.717) is 0 Å². The van der Waals surface area contributed by atoms with Crippen molar-refractivity contribution in [3.05, 3.63) is 66.2 Å². The molecular weight excluding hydrogens is 699 g/mol. The first kappa shape index (κ1) is 34.9. The monoisotopic (exact) mass is 738 g/mol. The molecule has 4 saturated heterocycles. The van der Waals surface area contributed by atoms with Gasteiger partial charge in [-0.2, -0.15) is 0 Å². The van der Waals surface area contributed by atoms with Gasteiger partial charge in [-0.25, -0.2) is 0 Å². The topological polar surface area (TPSA) is 164 Å². The summed E-state index contributed by atoms with van der Waals surface area (Å²) in [5.74, 6) is -3.84. The fraction of sp³-hybridized carbons (Fsp3) is 0.545. The van der Waals surface area contributed by atoms with Crippen LogP contribution >= 0.6 is 0 Å². The molecule has 15 heteroatoms. The van der Waals surface area contributed by atoms with Crippen LogP contribution in [-0.2, 0) is 61.8 Å². The molecule has 0 bridgehead atoms. The molecule has 0 saturated carbocycles. The van der Waals surface area contributed by atoms with Gasteiger partial charge in [0.15, 0.2) is 0 Å². The number of ether oxygens (including phenoxy) is 10. The maximum atomic E-state index is 12.2. The zero-order valence-electron chi connectivity index (χ0n) is 26.7. The molecule has 2 aromatic carbocycles. The molecule has 4 aliphatic rings. The fourth-order valence-corrected chi connectivity index (χ4v) is 8.34. The molecule has 4 aliphatic heterocycles. The summed E-state index contributed by atoms with van der Waals surface area (Å²) in [6, 6.07) is 19.0. The SMILES string of the molecule is CC(=O)OC[C@H]1O[C@@H]2O[C@@](C)(O[C@@H]3[C@@H](O)[C@H]([Se]c4ccccc4)O[C@@H]4CO[C@@H](c5ccccc5)O[C@@H]34)O[C@@H]2[C@@H](OC(C)=O)[C@@H]1OC(C)=O. The first-order valence-electron chi connectivity index (χ1n) is 15.5. The van der Waals surface area contributed by atoms with E-state index in [9.17, 15) is 19.5 Å². The number of aliphatic hydroxyl groups is 1. The van der Waals surface area contributed by atoms with Gasteiger partial charge >= 0.3 is 272 Å². The summed E-state index contributed by atoms with van der Waals surface area (Å²) in [7, 11) is 0. The first-order chi connectivity index (χ1) is 23.0. The van der Waals surface area contributed by atoms with E-state index in [0.717, 1.165) is 10.0 Å². The Morgan fingerprint density at radius 1 is 0.833 bits per heavy atom. The Balaban J connectivity index is 1.27. The molecule has 14 nitrogen and oxygen atoms in total. The second-order valence-corrected chi connectivity index (χ2v) is 14.2. The molecule has 48 heavy (non-hydrogen) atoms. The molecule has 0 aromatic heterocycles. The molecule has 2 aromatic rings. The van der Waals surface area contributed by atoms with Crippen molar-refractivity contribution >= 4 is 37.3 Å². The Labute approximate surface area is 283 Å². The summed E-state index contributed by atoms with van der Waals surface area (Å²) in [6.07, 6.45) is -10.3. The van der Waals surface area contributed by atoms with Crippen LogP contribution in [0.1, 0.15) is 39.5 Å². The van der Waals surface area contributed by atoms with E-state index < -0.39 is 90.3 Å². The van der Waals surface area contributed by atoms with Gasteiger partial charge in [0.05, 0.1) is 0 Å². The molecule has 4 heterocycles. The van der Waals surface area contributed by atoms with Crippen LogP contribution in [0.5, 0.6) is 0 Å². The molecule has 6 rings (SSSR count). The summed E-state index contributed by atoms with van der Waals surface area (Å²) < 4.78 is 61.1. The number of benzene rings is 2. The third-order valence-electron chi connectivity index (χ3n) is 8.05. The van der Waals surface area contributed by atoms with Crippen LogP contribution in [-0.4, -0.2) is 117 Å². The average molecular weight is 738 g/mol. The van der Waals surface area contributed by atoms with Crippen molar-refractivity contribution < 1.29 is 66.9 Å². The molecule has 1 N–H and O–H groups in total. The number of aliphatic hydroxyl groups excluding tert-OH is 1. The zero-order chi connectivity index (χ0) is 34.0. The third-order valence-corrected chi connectivity index (χ3v) is 10.5. The average Bonchev–Trinajstić information content (AvgIpc) is 3.39. The van der Waals surface area contributed by atoms with Crippen LogP contribution < -0.4 is 4.46 Å². The van der Waals surface area contributed by atoms with Gasteiger partial charge in [-0.05, 0) is 0 Å². The van der Waals surface area contributed by atoms with Gasteiger partial charge < -0.3 is 0 Å². The molecule has 0 spiro atoms. The van der Waals surface area contributed by atoms with E-state index in [1.807, 2.05) is 60.7 Å². The van der Waals surface area contributed by atoms with Crippen LogP contribution in [0.2, 0.25) is 0 Å². The number of carbonyl (C=O) groups is 3. The van der Waals surface area contributed by atoms with E-state index in [1.165, 1.54) is 27.7 Å². The van der Waals surface area contributed by atoms with Crippen molar-refractivity contribution in [3.8, 4) is 0 Å². The summed E-state index contributed by atoms with van der Waals surface area (Å²) in [6.45, 7) is 4.93. The summed E-state index contributed by atoms with van der Waals surface area (Å²) in [4.78, 5) is 35.9. The summed E-state index contributed by atoms with van der Waals surface area (Å²) in [5.41, 5.74) is 0.776. The molecule has 0 radical (unpaired) electrons. The normalized spacial score (nSPS) is 37.5. The molecule has 0 amide bonds. The van der Waals surface area contributed by atoms with E-state index in [1.54, 1.807) is 0 Å². The molecule has 260 valence electrons. The van der Waals surface area contributed by atoms with Crippen molar-refractivity contribution in [1.82, 2.24) is 0 Å². The number of carbonyl (C=O) groups excluding carboxylic acids is 3. The number of hydrogen-bond acceptors (Lipinski definition) is 14. The molecular formula is C33H38O14Se. The van der Waals surface area contributed by atoms with Gasteiger partial charge in [-0.15, -0.1) is 0 Å². The standard InChI is InChI=1S/C33H38O14Se/c1-17(34)38-15-22-26(40-18(2)35)28(41-19(3)36)29-31(42-22)47-33(4,46-29)45-27-24(37)32(48-21-13-9-6-10-14-21)43-23-16-39-30(44-25(23)27)20-11-7-5-8-12-20/h5-14,22-32,37H,15-16H2,1-4H3/t22-,23-,24-,25-,26-,27-,28+,29-,30-,31-,32+,33+/m1/s1. The Morgan fingerprint density at radius 2 is 1.50 bits per heavy atom. The van der Waals surface area contributed by atoms with Crippen molar-refractivity contribution in [1.29, 1.82) is 0 Å². The fourth-order valence-electron chi connectivity index (χ4n) is 6.09. The van der Waals surface area contributed by atoms with E-state index in [4.69, 9.17) is 47.4 Å². The number of rotatable bonds is 9. The van der Waals surface area contributed by atoms with Crippen LogP contribution in [0.15, 0.2) is 60.7 Å². The van der Waals surface area contributed by atoms with Gasteiger partial charge in [0.25, 0.3) is 0 Å². The van der Waals surface area contributed by atoms with Crippen LogP contribution in [0.25, 0.3) is 0 Å². The Hall–Kier alpha value is -2.95. The summed E-state index contributed by atoms with van der Waals surface area (Å²) in [5, 5.41) is 11.2. The van der Waals surface area contributed by atoms with Gasteiger partial charge in [0.1, 0.15) is 0 Å². The van der Waals surface area contributed by atoms with Crippen molar-refractivity contribution in [2.24, 2.45) is 0 Å². The molecule has 12 atom stereocenters. The van der Waals surface area contributed by atoms with Gasteiger partial charge in [0, 0.05) is 6.92 Å².